The minimum Gasteiger partial charge on any atom is -0.459 e. The van der Waals surface area contributed by atoms with Crippen molar-refractivity contribution in [2.45, 2.75) is 58.0 Å². The van der Waals surface area contributed by atoms with Gasteiger partial charge in [0.2, 0.25) is 5.91 Å². The van der Waals surface area contributed by atoms with Crippen LogP contribution in [0.15, 0.2) is 47.1 Å². The number of furan rings is 1. The van der Waals surface area contributed by atoms with Gasteiger partial charge in [0.05, 0.1) is 6.26 Å². The summed E-state index contributed by atoms with van der Waals surface area (Å²) >= 11 is 0. The molecule has 0 bridgehead atoms. The van der Waals surface area contributed by atoms with E-state index in [2.05, 4.69) is 43.0 Å². The molecule has 1 aromatic carbocycles. The maximum Gasteiger partial charge on any atom is 0.289 e. The molecule has 5 heteroatoms. The highest BCUT2D eigenvalue weighted by molar-refractivity contribution is 5.91. The molecule has 2 aliphatic rings. The molecule has 0 spiro atoms. The molecule has 1 saturated heterocycles. The highest BCUT2D eigenvalue weighted by Gasteiger charge is 2.37. The molecule has 1 aromatic heterocycles. The number of carbonyl (C=O) groups is 2. The summed E-state index contributed by atoms with van der Waals surface area (Å²) in [5.74, 6) is 1.07. The number of hydrogen-bond acceptors (Lipinski definition) is 3. The zero-order valence-electron chi connectivity index (χ0n) is 17.3. The van der Waals surface area contributed by atoms with E-state index in [9.17, 15) is 9.59 Å². The standard InChI is InChI=1S/C24H30N2O3/c1-17(2)19-7-5-18(6-8-19)16-26(21-9-10-21)23(27)20-11-13-25(14-12-20)24(28)22-4-3-15-29-22/h3-8,15,17,20-21H,9-14,16H2,1-2H3. The van der Waals surface area contributed by atoms with Crippen molar-refractivity contribution in [3.63, 3.8) is 0 Å². The van der Waals surface area contributed by atoms with Gasteiger partial charge in [0, 0.05) is 31.6 Å². The van der Waals surface area contributed by atoms with Crippen LogP contribution in [-0.4, -0.2) is 40.7 Å². The van der Waals surface area contributed by atoms with Gasteiger partial charge in [0.1, 0.15) is 0 Å². The van der Waals surface area contributed by atoms with Crippen LogP contribution in [0.4, 0.5) is 0 Å². The second-order valence-electron chi connectivity index (χ2n) is 8.64. The van der Waals surface area contributed by atoms with Crippen LogP contribution in [0, 0.1) is 5.92 Å². The average molecular weight is 395 g/mol. The zero-order valence-corrected chi connectivity index (χ0v) is 17.3. The Hall–Kier alpha value is -2.56. The smallest absolute Gasteiger partial charge is 0.289 e. The van der Waals surface area contributed by atoms with Gasteiger partial charge in [-0.1, -0.05) is 38.1 Å². The van der Waals surface area contributed by atoms with Crippen LogP contribution in [-0.2, 0) is 11.3 Å². The molecule has 0 unspecified atom stereocenters. The van der Waals surface area contributed by atoms with Crippen molar-refractivity contribution in [2.75, 3.05) is 13.1 Å². The van der Waals surface area contributed by atoms with E-state index in [1.54, 1.807) is 17.0 Å². The summed E-state index contributed by atoms with van der Waals surface area (Å²) in [6, 6.07) is 12.5. The largest absolute Gasteiger partial charge is 0.459 e. The fourth-order valence-electron chi connectivity index (χ4n) is 4.10. The van der Waals surface area contributed by atoms with Gasteiger partial charge in [0.15, 0.2) is 5.76 Å². The molecule has 1 aliphatic carbocycles. The Bertz CT molecular complexity index is 830. The Morgan fingerprint density at radius 3 is 2.31 bits per heavy atom. The maximum absolute atomic E-state index is 13.3. The van der Waals surface area contributed by atoms with Crippen LogP contribution in [0.1, 0.15) is 67.1 Å². The molecule has 2 amide bonds. The van der Waals surface area contributed by atoms with Gasteiger partial charge >= 0.3 is 0 Å². The summed E-state index contributed by atoms with van der Waals surface area (Å²) in [6.45, 7) is 6.29. The van der Waals surface area contributed by atoms with Crippen molar-refractivity contribution in [1.82, 2.24) is 9.80 Å². The predicted octanol–water partition coefficient (Wildman–Crippen LogP) is 4.45. The van der Waals surface area contributed by atoms with E-state index in [-0.39, 0.29) is 17.7 Å². The Labute approximate surface area is 172 Å². The van der Waals surface area contributed by atoms with Crippen molar-refractivity contribution in [3.8, 4) is 0 Å². The quantitative estimate of drug-likeness (QED) is 0.727. The number of benzene rings is 1. The van der Waals surface area contributed by atoms with Crippen molar-refractivity contribution >= 4 is 11.8 Å². The third kappa shape index (κ3) is 4.55. The lowest BCUT2D eigenvalue weighted by Gasteiger charge is -2.34. The highest BCUT2D eigenvalue weighted by atomic mass is 16.3. The highest BCUT2D eigenvalue weighted by Crippen LogP contribution is 2.32. The SMILES string of the molecule is CC(C)c1ccc(CN(C(=O)C2CCN(C(=O)c3ccco3)CC2)C2CC2)cc1. The van der Waals surface area contributed by atoms with Gasteiger partial charge in [-0.15, -0.1) is 0 Å². The minimum absolute atomic E-state index is 0.00573. The molecular formula is C24H30N2O3. The Balaban J connectivity index is 1.36. The topological polar surface area (TPSA) is 53.8 Å². The first kappa shape index (κ1) is 19.7. The van der Waals surface area contributed by atoms with Gasteiger partial charge in [-0.25, -0.2) is 0 Å². The van der Waals surface area contributed by atoms with Crippen molar-refractivity contribution in [2.24, 2.45) is 5.92 Å². The summed E-state index contributed by atoms with van der Waals surface area (Å²) in [6.07, 6.45) is 5.17. The van der Waals surface area contributed by atoms with Gasteiger partial charge in [-0.3, -0.25) is 9.59 Å². The molecule has 154 valence electrons. The van der Waals surface area contributed by atoms with E-state index < -0.39 is 0 Å². The van der Waals surface area contributed by atoms with E-state index in [1.807, 2.05) is 0 Å². The lowest BCUT2D eigenvalue weighted by Crippen LogP contribution is -2.44. The number of piperidine rings is 1. The monoisotopic (exact) mass is 394 g/mol. The summed E-state index contributed by atoms with van der Waals surface area (Å²) < 4.78 is 5.22. The van der Waals surface area contributed by atoms with E-state index >= 15 is 0 Å². The van der Waals surface area contributed by atoms with Crippen LogP contribution >= 0.6 is 0 Å². The molecule has 29 heavy (non-hydrogen) atoms. The zero-order chi connectivity index (χ0) is 20.4. The Kier molecular flexibility index (Phi) is 5.74. The first-order chi connectivity index (χ1) is 14.0. The second-order valence-corrected chi connectivity index (χ2v) is 8.64. The first-order valence-corrected chi connectivity index (χ1v) is 10.7. The van der Waals surface area contributed by atoms with Crippen LogP contribution in [0.25, 0.3) is 0 Å². The minimum atomic E-state index is -0.0785. The molecule has 0 N–H and O–H groups in total. The molecule has 2 aromatic rings. The van der Waals surface area contributed by atoms with Crippen LogP contribution in [0.5, 0.6) is 0 Å². The number of nitrogens with zero attached hydrogens (tertiary/aromatic N) is 2. The van der Waals surface area contributed by atoms with Gasteiger partial charge in [0.25, 0.3) is 5.91 Å². The predicted molar refractivity (Wildman–Crippen MR) is 111 cm³/mol. The average Bonchev–Trinajstić information content (AvgIpc) is 3.44. The Morgan fingerprint density at radius 2 is 1.76 bits per heavy atom. The van der Waals surface area contributed by atoms with Gasteiger partial charge in [-0.2, -0.15) is 0 Å². The van der Waals surface area contributed by atoms with Crippen molar-refractivity contribution < 1.29 is 14.0 Å². The van der Waals surface area contributed by atoms with E-state index in [1.165, 1.54) is 17.4 Å². The van der Waals surface area contributed by atoms with E-state index in [0.29, 0.717) is 37.4 Å². The molecule has 4 rings (SSSR count). The number of carbonyl (C=O) groups excluding carboxylic acids is 2. The third-order valence-corrected chi connectivity index (χ3v) is 6.13. The third-order valence-electron chi connectivity index (χ3n) is 6.13. The summed E-state index contributed by atoms with van der Waals surface area (Å²) in [4.78, 5) is 29.6. The molecule has 0 radical (unpaired) electrons. The molecule has 1 saturated carbocycles. The van der Waals surface area contributed by atoms with E-state index in [0.717, 1.165) is 25.7 Å². The summed E-state index contributed by atoms with van der Waals surface area (Å²) in [7, 11) is 0. The summed E-state index contributed by atoms with van der Waals surface area (Å²) in [5, 5.41) is 0. The number of amides is 2. The molecule has 1 aliphatic heterocycles. The number of likely N-dealkylation sites (tertiary alicyclic amines) is 1. The van der Waals surface area contributed by atoms with Crippen molar-refractivity contribution in [3.05, 3.63) is 59.5 Å². The lowest BCUT2D eigenvalue weighted by atomic mass is 9.94. The molecule has 2 heterocycles. The number of hydrogen-bond donors (Lipinski definition) is 0. The molecule has 0 atom stereocenters. The Morgan fingerprint density at radius 1 is 1.07 bits per heavy atom. The first-order valence-electron chi connectivity index (χ1n) is 10.7. The van der Waals surface area contributed by atoms with Crippen LogP contribution in [0.3, 0.4) is 0 Å². The molecule has 2 fully saturated rings. The maximum atomic E-state index is 13.3. The van der Waals surface area contributed by atoms with Gasteiger partial charge < -0.3 is 14.2 Å². The normalized spacial score (nSPS) is 17.6. The number of rotatable bonds is 6. The fraction of sp³-hybridized carbons (Fsp3) is 0.500. The summed E-state index contributed by atoms with van der Waals surface area (Å²) in [5.41, 5.74) is 2.52. The van der Waals surface area contributed by atoms with Gasteiger partial charge in [-0.05, 0) is 54.9 Å². The van der Waals surface area contributed by atoms with Crippen LogP contribution in [0.2, 0.25) is 0 Å². The van der Waals surface area contributed by atoms with Crippen molar-refractivity contribution in [1.29, 1.82) is 0 Å². The second kappa shape index (κ2) is 8.44. The van der Waals surface area contributed by atoms with E-state index in [4.69, 9.17) is 4.42 Å². The fourth-order valence-corrected chi connectivity index (χ4v) is 4.10. The molecular weight excluding hydrogens is 364 g/mol. The molecule has 5 nitrogen and oxygen atoms in total. The van der Waals surface area contributed by atoms with Crippen LogP contribution < -0.4 is 0 Å². The lowest BCUT2D eigenvalue weighted by molar-refractivity contribution is -0.138.